The van der Waals surface area contributed by atoms with Gasteiger partial charge in [-0.2, -0.15) is 5.10 Å². The van der Waals surface area contributed by atoms with Crippen molar-refractivity contribution in [2.24, 2.45) is 0 Å². The molecular weight excluding hydrogens is 388 g/mol. The summed E-state index contributed by atoms with van der Waals surface area (Å²) in [6.45, 7) is 2.94. The van der Waals surface area contributed by atoms with E-state index >= 15 is 0 Å². The van der Waals surface area contributed by atoms with Crippen molar-refractivity contribution < 1.29 is 4.79 Å². The number of amides is 1. The number of hydrogen-bond acceptors (Lipinski definition) is 4. The monoisotopic (exact) mass is 416 g/mol. The molecule has 1 aliphatic heterocycles. The fraction of sp³-hybridized carbons (Fsp3) is 0.320. The van der Waals surface area contributed by atoms with Crippen LogP contribution in [0.3, 0.4) is 0 Å². The van der Waals surface area contributed by atoms with Crippen LogP contribution in [-0.2, 0) is 13.1 Å². The SMILES string of the molecule is CN(Cc1ccccc1N1CCCCC1)C(=O)c1ccc(=O)n(Cc2ccccc2)n1. The normalized spacial score (nSPS) is 13.8. The molecule has 0 aliphatic carbocycles. The van der Waals surface area contributed by atoms with Gasteiger partial charge >= 0.3 is 0 Å². The van der Waals surface area contributed by atoms with Crippen molar-refractivity contribution in [1.29, 1.82) is 0 Å². The molecule has 6 nitrogen and oxygen atoms in total. The lowest BCUT2D eigenvalue weighted by molar-refractivity contribution is 0.0776. The number of benzene rings is 2. The average Bonchev–Trinajstić information content (AvgIpc) is 2.81. The van der Waals surface area contributed by atoms with E-state index in [1.807, 2.05) is 36.4 Å². The van der Waals surface area contributed by atoms with Crippen LogP contribution in [0.1, 0.15) is 40.9 Å². The lowest BCUT2D eigenvalue weighted by Crippen LogP contribution is -2.33. The van der Waals surface area contributed by atoms with Crippen LogP contribution in [0.15, 0.2) is 71.5 Å². The molecule has 0 spiro atoms. The van der Waals surface area contributed by atoms with E-state index in [0.29, 0.717) is 13.1 Å². The van der Waals surface area contributed by atoms with Crippen LogP contribution in [0.2, 0.25) is 0 Å². The maximum atomic E-state index is 13.1. The quantitative estimate of drug-likeness (QED) is 0.617. The zero-order valence-electron chi connectivity index (χ0n) is 17.9. The second kappa shape index (κ2) is 9.60. The molecule has 2 aromatic carbocycles. The summed E-state index contributed by atoms with van der Waals surface area (Å²) in [5, 5.41) is 4.35. The standard InChI is InChI=1S/C25H28N4O2/c1-27(19-21-12-6-7-13-23(21)28-16-8-3-9-17-28)25(31)22-14-15-24(30)29(26-22)18-20-10-4-2-5-11-20/h2,4-7,10-15H,3,8-9,16-19H2,1H3. The van der Waals surface area contributed by atoms with Crippen LogP contribution in [0.4, 0.5) is 5.69 Å². The predicted molar refractivity (Wildman–Crippen MR) is 122 cm³/mol. The minimum atomic E-state index is -0.224. The highest BCUT2D eigenvalue weighted by molar-refractivity contribution is 5.92. The molecule has 2 heterocycles. The van der Waals surface area contributed by atoms with E-state index in [2.05, 4.69) is 28.2 Å². The van der Waals surface area contributed by atoms with Gasteiger partial charge in [0.25, 0.3) is 11.5 Å². The number of anilines is 1. The number of para-hydroxylation sites is 1. The lowest BCUT2D eigenvalue weighted by Gasteiger charge is -2.31. The lowest BCUT2D eigenvalue weighted by atomic mass is 10.1. The summed E-state index contributed by atoms with van der Waals surface area (Å²) in [6, 6.07) is 20.9. The van der Waals surface area contributed by atoms with Gasteiger partial charge in [0, 0.05) is 38.4 Å². The molecule has 0 radical (unpaired) electrons. The fourth-order valence-corrected chi connectivity index (χ4v) is 4.04. The van der Waals surface area contributed by atoms with Gasteiger partial charge in [-0.05, 0) is 42.5 Å². The highest BCUT2D eigenvalue weighted by Gasteiger charge is 2.19. The molecule has 1 fully saturated rings. The van der Waals surface area contributed by atoms with E-state index in [-0.39, 0.29) is 17.2 Å². The molecular formula is C25H28N4O2. The van der Waals surface area contributed by atoms with Crippen molar-refractivity contribution in [2.45, 2.75) is 32.4 Å². The number of nitrogens with zero attached hydrogens (tertiary/aromatic N) is 4. The molecule has 6 heteroatoms. The first-order valence-electron chi connectivity index (χ1n) is 10.8. The van der Waals surface area contributed by atoms with Crippen LogP contribution >= 0.6 is 0 Å². The number of carbonyl (C=O) groups excluding carboxylic acids is 1. The van der Waals surface area contributed by atoms with E-state index < -0.39 is 0 Å². The molecule has 1 amide bonds. The molecule has 0 unspecified atom stereocenters. The third-order valence-corrected chi connectivity index (χ3v) is 5.70. The van der Waals surface area contributed by atoms with Crippen LogP contribution < -0.4 is 10.5 Å². The fourth-order valence-electron chi connectivity index (χ4n) is 4.04. The second-order valence-electron chi connectivity index (χ2n) is 8.04. The predicted octanol–water partition coefficient (Wildman–Crippen LogP) is 3.55. The third kappa shape index (κ3) is 5.02. The van der Waals surface area contributed by atoms with Crippen LogP contribution in [0, 0.1) is 0 Å². The van der Waals surface area contributed by atoms with Crippen LogP contribution in [0.25, 0.3) is 0 Å². The molecule has 0 N–H and O–H groups in total. The summed E-state index contributed by atoms with van der Waals surface area (Å²) in [4.78, 5) is 29.4. The number of aromatic nitrogens is 2. The van der Waals surface area contributed by atoms with Gasteiger partial charge in [-0.25, -0.2) is 4.68 Å². The molecule has 31 heavy (non-hydrogen) atoms. The topological polar surface area (TPSA) is 58.4 Å². The van der Waals surface area contributed by atoms with Crippen LogP contribution in [0.5, 0.6) is 0 Å². The summed E-state index contributed by atoms with van der Waals surface area (Å²) < 4.78 is 1.35. The van der Waals surface area contributed by atoms with E-state index in [9.17, 15) is 9.59 Å². The summed E-state index contributed by atoms with van der Waals surface area (Å²) in [5.41, 5.74) is 3.33. The van der Waals surface area contributed by atoms with Crippen molar-refractivity contribution in [2.75, 3.05) is 25.0 Å². The molecule has 0 bridgehead atoms. The highest BCUT2D eigenvalue weighted by atomic mass is 16.2. The minimum Gasteiger partial charge on any atom is -0.371 e. The van der Waals surface area contributed by atoms with E-state index in [4.69, 9.17) is 0 Å². The number of hydrogen-bond donors (Lipinski definition) is 0. The first-order valence-corrected chi connectivity index (χ1v) is 10.8. The summed E-state index contributed by atoms with van der Waals surface area (Å²) in [7, 11) is 1.78. The molecule has 1 aliphatic rings. The Morgan fingerprint density at radius 1 is 0.935 bits per heavy atom. The largest absolute Gasteiger partial charge is 0.371 e. The smallest absolute Gasteiger partial charge is 0.274 e. The first-order chi connectivity index (χ1) is 15.1. The Hall–Kier alpha value is -3.41. The van der Waals surface area contributed by atoms with Crippen molar-refractivity contribution in [1.82, 2.24) is 14.7 Å². The maximum Gasteiger partial charge on any atom is 0.274 e. The van der Waals surface area contributed by atoms with Gasteiger partial charge in [-0.15, -0.1) is 0 Å². The molecule has 3 aromatic rings. The molecule has 0 atom stereocenters. The molecule has 1 aromatic heterocycles. The Morgan fingerprint density at radius 2 is 1.65 bits per heavy atom. The van der Waals surface area contributed by atoms with Gasteiger partial charge in [0.15, 0.2) is 0 Å². The second-order valence-corrected chi connectivity index (χ2v) is 8.04. The number of rotatable bonds is 6. The summed E-state index contributed by atoms with van der Waals surface area (Å²) in [5.74, 6) is -0.199. The van der Waals surface area contributed by atoms with E-state index in [1.54, 1.807) is 11.9 Å². The zero-order chi connectivity index (χ0) is 21.6. The van der Waals surface area contributed by atoms with E-state index in [0.717, 1.165) is 24.2 Å². The first kappa shape index (κ1) is 20.8. The number of piperidine rings is 1. The average molecular weight is 417 g/mol. The minimum absolute atomic E-state index is 0.199. The van der Waals surface area contributed by atoms with Crippen molar-refractivity contribution in [3.8, 4) is 0 Å². The Labute approximate surface area is 182 Å². The van der Waals surface area contributed by atoms with Gasteiger partial charge < -0.3 is 9.80 Å². The third-order valence-electron chi connectivity index (χ3n) is 5.70. The Kier molecular flexibility index (Phi) is 6.46. The van der Waals surface area contributed by atoms with Crippen molar-refractivity contribution >= 4 is 11.6 Å². The Bertz CT molecular complexity index is 1090. The molecule has 4 rings (SSSR count). The van der Waals surface area contributed by atoms with E-state index in [1.165, 1.54) is 41.8 Å². The van der Waals surface area contributed by atoms with Crippen LogP contribution in [-0.4, -0.2) is 40.7 Å². The van der Waals surface area contributed by atoms with Gasteiger partial charge in [0.05, 0.1) is 6.54 Å². The van der Waals surface area contributed by atoms with Crippen molar-refractivity contribution in [3.63, 3.8) is 0 Å². The Morgan fingerprint density at radius 3 is 2.42 bits per heavy atom. The van der Waals surface area contributed by atoms with Gasteiger partial charge in [-0.3, -0.25) is 9.59 Å². The molecule has 1 saturated heterocycles. The Balaban J connectivity index is 1.51. The van der Waals surface area contributed by atoms with Gasteiger partial charge in [-0.1, -0.05) is 48.5 Å². The van der Waals surface area contributed by atoms with Crippen molar-refractivity contribution in [3.05, 3.63) is 93.9 Å². The highest BCUT2D eigenvalue weighted by Crippen LogP contribution is 2.25. The maximum absolute atomic E-state index is 13.1. The summed E-state index contributed by atoms with van der Waals surface area (Å²) >= 11 is 0. The van der Waals surface area contributed by atoms with Gasteiger partial charge in [0.1, 0.15) is 5.69 Å². The van der Waals surface area contributed by atoms with Gasteiger partial charge in [0.2, 0.25) is 0 Å². The summed E-state index contributed by atoms with van der Waals surface area (Å²) in [6.07, 6.45) is 3.69. The zero-order valence-corrected chi connectivity index (χ0v) is 17.9. The number of carbonyl (C=O) groups is 1. The molecule has 0 saturated carbocycles. The molecule has 160 valence electrons.